The first-order chi connectivity index (χ1) is 12.1. The van der Waals surface area contributed by atoms with Crippen LogP contribution in [0.2, 0.25) is 0 Å². The van der Waals surface area contributed by atoms with Crippen molar-refractivity contribution in [1.82, 2.24) is 0 Å². The van der Waals surface area contributed by atoms with Gasteiger partial charge in [0, 0.05) is 11.6 Å². The normalized spacial score (nSPS) is 18.0. The fraction of sp³-hybridized carbons (Fsp3) is 0.300. The molecule has 0 bridgehead atoms. The summed E-state index contributed by atoms with van der Waals surface area (Å²) in [5, 5.41) is 12.4. The molecule has 5 heteroatoms. The minimum absolute atomic E-state index is 0.124. The van der Waals surface area contributed by atoms with Gasteiger partial charge in [0.1, 0.15) is 18.0 Å². The third-order valence-corrected chi connectivity index (χ3v) is 4.36. The fourth-order valence-electron chi connectivity index (χ4n) is 2.94. The van der Waals surface area contributed by atoms with Crippen LogP contribution in [0, 0.1) is 5.92 Å². The van der Waals surface area contributed by atoms with Gasteiger partial charge in [-0.1, -0.05) is 31.1 Å². The predicted molar refractivity (Wildman–Crippen MR) is 95.5 cm³/mol. The second kappa shape index (κ2) is 7.49. The Hall–Kier alpha value is -2.66. The third kappa shape index (κ3) is 3.72. The molecule has 2 N–H and O–H groups in total. The minimum Gasteiger partial charge on any atom is -0.494 e. The SMILES string of the molecule is CC(C)CCOc1ccc(C[NH+]2C(=O)C(=NO)c3ccccc32)cc1. The van der Waals surface area contributed by atoms with Crippen molar-refractivity contribution in [3.05, 3.63) is 59.7 Å². The standard InChI is InChI=1S/C20H22N2O3/c1-14(2)11-12-25-16-9-7-15(8-10-16)13-22-18-6-4-3-5-17(18)19(21-24)20(22)23/h3-10,14,24H,11-13H2,1-2H3/p+1. The highest BCUT2D eigenvalue weighted by Crippen LogP contribution is 2.19. The maximum atomic E-state index is 12.5. The van der Waals surface area contributed by atoms with Gasteiger partial charge in [0.05, 0.1) is 12.2 Å². The van der Waals surface area contributed by atoms with Gasteiger partial charge in [0.2, 0.25) is 5.71 Å². The number of nitrogens with zero attached hydrogens (tertiary/aromatic N) is 1. The van der Waals surface area contributed by atoms with E-state index in [0.717, 1.165) is 23.4 Å². The molecule has 0 radical (unpaired) electrons. The van der Waals surface area contributed by atoms with Gasteiger partial charge in [-0.2, -0.15) is 0 Å². The van der Waals surface area contributed by atoms with Crippen molar-refractivity contribution in [1.29, 1.82) is 0 Å². The number of oxime groups is 1. The average molecular weight is 339 g/mol. The number of carbonyl (C=O) groups excluding carboxylic acids is 1. The molecule has 0 aromatic heterocycles. The Kier molecular flexibility index (Phi) is 5.14. The van der Waals surface area contributed by atoms with Gasteiger partial charge in [-0.05, 0) is 42.7 Å². The lowest BCUT2D eigenvalue weighted by atomic mass is 10.1. The van der Waals surface area contributed by atoms with E-state index in [9.17, 15) is 4.79 Å². The van der Waals surface area contributed by atoms with Crippen LogP contribution in [0.15, 0.2) is 53.7 Å². The highest BCUT2D eigenvalue weighted by Gasteiger charge is 2.40. The average Bonchev–Trinajstić information content (AvgIpc) is 2.88. The summed E-state index contributed by atoms with van der Waals surface area (Å²) >= 11 is 0. The number of benzene rings is 2. The number of ether oxygens (including phenoxy) is 1. The number of para-hydroxylation sites is 1. The summed E-state index contributed by atoms with van der Waals surface area (Å²) in [7, 11) is 0. The molecule has 0 saturated carbocycles. The van der Waals surface area contributed by atoms with Crippen LogP contribution >= 0.6 is 0 Å². The Balaban J connectivity index is 1.71. The maximum absolute atomic E-state index is 12.5. The van der Waals surface area contributed by atoms with E-state index in [1.54, 1.807) is 6.07 Å². The quantitative estimate of drug-likeness (QED) is 0.628. The Morgan fingerprint density at radius 1 is 1.12 bits per heavy atom. The van der Waals surface area contributed by atoms with Crippen LogP contribution in [-0.2, 0) is 11.3 Å². The summed E-state index contributed by atoms with van der Waals surface area (Å²) in [4.78, 5) is 13.2. The molecule has 0 spiro atoms. The number of hydrogen-bond donors (Lipinski definition) is 2. The lowest BCUT2D eigenvalue weighted by molar-refractivity contribution is -0.757. The Bertz CT molecular complexity index is 782. The molecule has 1 heterocycles. The Labute approximate surface area is 147 Å². The number of fused-ring (bicyclic) bond motifs is 1. The smallest absolute Gasteiger partial charge is 0.372 e. The van der Waals surface area contributed by atoms with Crippen LogP contribution in [0.5, 0.6) is 5.75 Å². The molecule has 0 saturated heterocycles. The van der Waals surface area contributed by atoms with Crippen molar-refractivity contribution in [2.24, 2.45) is 11.1 Å². The molecule has 25 heavy (non-hydrogen) atoms. The zero-order chi connectivity index (χ0) is 17.8. The minimum atomic E-state index is -0.207. The molecule has 0 aliphatic carbocycles. The van der Waals surface area contributed by atoms with Crippen LogP contribution in [0.1, 0.15) is 31.4 Å². The predicted octanol–water partition coefficient (Wildman–Crippen LogP) is 2.55. The van der Waals surface area contributed by atoms with Gasteiger partial charge >= 0.3 is 5.91 Å². The second-order valence-corrected chi connectivity index (χ2v) is 6.65. The van der Waals surface area contributed by atoms with E-state index in [0.29, 0.717) is 29.5 Å². The van der Waals surface area contributed by atoms with Gasteiger partial charge in [0.25, 0.3) is 0 Å². The van der Waals surface area contributed by atoms with Crippen molar-refractivity contribution in [2.75, 3.05) is 6.61 Å². The molecule has 2 aromatic rings. The van der Waals surface area contributed by atoms with Crippen LogP contribution in [0.25, 0.3) is 0 Å². The van der Waals surface area contributed by atoms with E-state index in [1.165, 1.54) is 0 Å². The van der Waals surface area contributed by atoms with E-state index < -0.39 is 0 Å². The van der Waals surface area contributed by atoms with Crippen LogP contribution < -0.4 is 9.64 Å². The van der Waals surface area contributed by atoms with E-state index in [-0.39, 0.29) is 11.6 Å². The van der Waals surface area contributed by atoms with Crippen molar-refractivity contribution in [3.63, 3.8) is 0 Å². The summed E-state index contributed by atoms with van der Waals surface area (Å²) in [6, 6.07) is 15.2. The molecular formula is C20H23N2O3+. The largest absolute Gasteiger partial charge is 0.494 e. The fourth-order valence-corrected chi connectivity index (χ4v) is 2.94. The molecule has 1 aliphatic heterocycles. The first-order valence-electron chi connectivity index (χ1n) is 8.54. The van der Waals surface area contributed by atoms with Crippen LogP contribution in [-0.4, -0.2) is 23.4 Å². The monoisotopic (exact) mass is 339 g/mol. The van der Waals surface area contributed by atoms with E-state index in [1.807, 2.05) is 42.5 Å². The number of quaternary nitrogens is 1. The molecular weight excluding hydrogens is 316 g/mol. The molecule has 1 atom stereocenters. The molecule has 1 amide bonds. The van der Waals surface area contributed by atoms with Crippen molar-refractivity contribution >= 4 is 17.3 Å². The molecule has 1 unspecified atom stereocenters. The summed E-state index contributed by atoms with van der Waals surface area (Å²) in [5.74, 6) is 1.25. The first kappa shape index (κ1) is 17.2. The third-order valence-electron chi connectivity index (χ3n) is 4.36. The number of nitrogens with one attached hydrogen (secondary N) is 1. The number of amides is 1. The summed E-state index contributed by atoms with van der Waals surface area (Å²) in [6.45, 7) is 5.55. The second-order valence-electron chi connectivity index (χ2n) is 6.65. The van der Waals surface area contributed by atoms with E-state index in [4.69, 9.17) is 9.94 Å². The number of carbonyl (C=O) groups is 1. The Morgan fingerprint density at radius 2 is 1.84 bits per heavy atom. The van der Waals surface area contributed by atoms with Gasteiger partial charge in [-0.25, -0.2) is 9.69 Å². The van der Waals surface area contributed by atoms with Crippen molar-refractivity contribution in [2.45, 2.75) is 26.8 Å². The molecule has 130 valence electrons. The zero-order valence-corrected chi connectivity index (χ0v) is 14.5. The molecule has 2 aromatic carbocycles. The van der Waals surface area contributed by atoms with Crippen molar-refractivity contribution < 1.29 is 19.6 Å². The molecule has 5 nitrogen and oxygen atoms in total. The Morgan fingerprint density at radius 3 is 2.52 bits per heavy atom. The molecule has 1 aliphatic rings. The molecule has 0 fully saturated rings. The van der Waals surface area contributed by atoms with E-state index >= 15 is 0 Å². The van der Waals surface area contributed by atoms with Gasteiger partial charge in [0.15, 0.2) is 0 Å². The first-order valence-corrected chi connectivity index (χ1v) is 8.54. The highest BCUT2D eigenvalue weighted by molar-refractivity contribution is 6.45. The van der Waals surface area contributed by atoms with Crippen molar-refractivity contribution in [3.8, 4) is 5.75 Å². The van der Waals surface area contributed by atoms with Crippen LogP contribution in [0.4, 0.5) is 5.69 Å². The van der Waals surface area contributed by atoms with Gasteiger partial charge < -0.3 is 9.94 Å². The lowest BCUT2D eigenvalue weighted by Crippen LogP contribution is -3.07. The zero-order valence-electron chi connectivity index (χ0n) is 14.5. The van der Waals surface area contributed by atoms with Crippen LogP contribution in [0.3, 0.4) is 0 Å². The van der Waals surface area contributed by atoms with Gasteiger partial charge in [-0.3, -0.25) is 0 Å². The maximum Gasteiger partial charge on any atom is 0.372 e. The lowest BCUT2D eigenvalue weighted by Gasteiger charge is -2.12. The summed E-state index contributed by atoms with van der Waals surface area (Å²) < 4.78 is 5.73. The topological polar surface area (TPSA) is 63.3 Å². The summed E-state index contributed by atoms with van der Waals surface area (Å²) in [5.41, 5.74) is 2.68. The highest BCUT2D eigenvalue weighted by atomic mass is 16.5. The number of rotatable bonds is 6. The van der Waals surface area contributed by atoms with E-state index in [2.05, 4.69) is 19.0 Å². The number of hydrogen-bond acceptors (Lipinski definition) is 4. The van der Waals surface area contributed by atoms with Gasteiger partial charge in [-0.15, -0.1) is 0 Å². The molecule has 3 rings (SSSR count). The summed E-state index contributed by atoms with van der Waals surface area (Å²) in [6.07, 6.45) is 1.02.